The van der Waals surface area contributed by atoms with E-state index in [0.717, 1.165) is 17.0 Å². The van der Waals surface area contributed by atoms with Gasteiger partial charge in [-0.05, 0) is 25.5 Å². The van der Waals surface area contributed by atoms with Gasteiger partial charge in [0.1, 0.15) is 5.82 Å². The second-order valence-electron chi connectivity index (χ2n) is 5.14. The smallest absolute Gasteiger partial charge is 0.152 e. The Kier molecular flexibility index (Phi) is 3.01. The molecule has 3 heterocycles. The second-order valence-corrected chi connectivity index (χ2v) is 7.37. The number of hydrogen-bond donors (Lipinski definition) is 1. The number of anilines is 1. The van der Waals surface area contributed by atoms with Crippen LogP contribution in [0.25, 0.3) is 11.3 Å². The Bertz CT molecular complexity index is 751. The van der Waals surface area contributed by atoms with Crippen LogP contribution in [0.4, 0.5) is 5.82 Å². The molecule has 1 saturated heterocycles. The minimum atomic E-state index is -2.95. The zero-order valence-corrected chi connectivity index (χ0v) is 12.0. The van der Waals surface area contributed by atoms with E-state index in [9.17, 15) is 8.42 Å². The van der Waals surface area contributed by atoms with Crippen molar-refractivity contribution in [1.82, 2.24) is 14.8 Å². The lowest BCUT2D eigenvalue weighted by molar-refractivity contribution is 0.508. The van der Waals surface area contributed by atoms with Crippen molar-refractivity contribution in [3.63, 3.8) is 0 Å². The summed E-state index contributed by atoms with van der Waals surface area (Å²) in [7, 11) is -2.95. The van der Waals surface area contributed by atoms with E-state index >= 15 is 0 Å². The van der Waals surface area contributed by atoms with Crippen molar-refractivity contribution in [2.24, 2.45) is 0 Å². The highest BCUT2D eigenvalue weighted by molar-refractivity contribution is 7.91. The standard InChI is InChI=1S/C13H16N4O2S/c1-9-6-10(2-4-15-9)12-7-13(14)17(16-12)11-3-5-20(18,19)8-11/h2,4,6-7,11H,3,5,8,14H2,1H3. The first kappa shape index (κ1) is 13.1. The van der Waals surface area contributed by atoms with Crippen LogP contribution in [-0.2, 0) is 9.84 Å². The Hall–Kier alpha value is -1.89. The summed E-state index contributed by atoms with van der Waals surface area (Å²) < 4.78 is 24.7. The minimum Gasteiger partial charge on any atom is -0.384 e. The first-order valence-electron chi connectivity index (χ1n) is 6.43. The van der Waals surface area contributed by atoms with Gasteiger partial charge < -0.3 is 5.73 Å². The Morgan fingerprint density at radius 1 is 1.40 bits per heavy atom. The van der Waals surface area contributed by atoms with Crippen molar-refractivity contribution in [3.8, 4) is 11.3 Å². The summed E-state index contributed by atoms with van der Waals surface area (Å²) in [5.41, 5.74) is 8.56. The minimum absolute atomic E-state index is 0.119. The van der Waals surface area contributed by atoms with E-state index in [0.29, 0.717) is 12.2 Å². The fourth-order valence-corrected chi connectivity index (χ4v) is 4.21. The summed E-state index contributed by atoms with van der Waals surface area (Å²) in [6.07, 6.45) is 2.29. The number of nitrogens with two attached hydrogens (primary N) is 1. The fourth-order valence-electron chi connectivity index (χ4n) is 2.52. The molecule has 0 amide bonds. The van der Waals surface area contributed by atoms with Gasteiger partial charge >= 0.3 is 0 Å². The van der Waals surface area contributed by atoms with Crippen LogP contribution in [0.5, 0.6) is 0 Å². The quantitative estimate of drug-likeness (QED) is 0.898. The van der Waals surface area contributed by atoms with E-state index in [1.165, 1.54) is 0 Å². The molecular formula is C13H16N4O2S. The highest BCUT2D eigenvalue weighted by Gasteiger charge is 2.31. The van der Waals surface area contributed by atoms with Gasteiger partial charge in [0.05, 0.1) is 23.2 Å². The van der Waals surface area contributed by atoms with E-state index in [1.54, 1.807) is 16.9 Å². The third-order valence-corrected chi connectivity index (χ3v) is 5.26. The van der Waals surface area contributed by atoms with Gasteiger partial charge in [-0.2, -0.15) is 5.10 Å². The number of sulfone groups is 1. The molecule has 0 spiro atoms. The number of nitrogen functional groups attached to an aromatic ring is 1. The molecule has 1 aliphatic heterocycles. The van der Waals surface area contributed by atoms with Crippen molar-refractivity contribution in [2.75, 3.05) is 17.2 Å². The van der Waals surface area contributed by atoms with Gasteiger partial charge in [-0.3, -0.25) is 4.98 Å². The van der Waals surface area contributed by atoms with Gasteiger partial charge in [0.15, 0.2) is 9.84 Å². The number of rotatable bonds is 2. The van der Waals surface area contributed by atoms with Gasteiger partial charge in [0, 0.05) is 23.5 Å². The summed E-state index contributed by atoms with van der Waals surface area (Å²) in [5.74, 6) is 0.825. The van der Waals surface area contributed by atoms with Gasteiger partial charge in [0.25, 0.3) is 0 Å². The molecule has 106 valence electrons. The molecule has 1 fully saturated rings. The molecular weight excluding hydrogens is 276 g/mol. The molecule has 1 atom stereocenters. The van der Waals surface area contributed by atoms with Crippen LogP contribution in [0.3, 0.4) is 0 Å². The van der Waals surface area contributed by atoms with Crippen LogP contribution in [0.15, 0.2) is 24.4 Å². The number of aromatic nitrogens is 3. The fraction of sp³-hybridized carbons (Fsp3) is 0.385. The van der Waals surface area contributed by atoms with Gasteiger partial charge in [-0.1, -0.05) is 0 Å². The van der Waals surface area contributed by atoms with Crippen molar-refractivity contribution in [1.29, 1.82) is 0 Å². The maximum Gasteiger partial charge on any atom is 0.152 e. The lowest BCUT2D eigenvalue weighted by atomic mass is 10.2. The van der Waals surface area contributed by atoms with E-state index in [-0.39, 0.29) is 17.5 Å². The highest BCUT2D eigenvalue weighted by Crippen LogP contribution is 2.28. The van der Waals surface area contributed by atoms with Gasteiger partial charge in [-0.25, -0.2) is 13.1 Å². The molecule has 20 heavy (non-hydrogen) atoms. The van der Waals surface area contributed by atoms with Crippen molar-refractivity contribution >= 4 is 15.7 Å². The molecule has 1 unspecified atom stereocenters. The van der Waals surface area contributed by atoms with Gasteiger partial charge in [0.2, 0.25) is 0 Å². The molecule has 0 bridgehead atoms. The molecule has 2 N–H and O–H groups in total. The molecule has 0 radical (unpaired) electrons. The van der Waals surface area contributed by atoms with Crippen LogP contribution in [0.1, 0.15) is 18.2 Å². The maximum atomic E-state index is 11.6. The first-order chi connectivity index (χ1) is 9.44. The molecule has 0 aromatic carbocycles. The summed E-state index contributed by atoms with van der Waals surface area (Å²) in [4.78, 5) is 4.15. The molecule has 0 saturated carbocycles. The van der Waals surface area contributed by atoms with Gasteiger partial charge in [-0.15, -0.1) is 0 Å². The lowest BCUT2D eigenvalue weighted by Gasteiger charge is -2.09. The Labute approximate surface area is 117 Å². The summed E-state index contributed by atoms with van der Waals surface area (Å²) in [5, 5.41) is 4.47. The maximum absolute atomic E-state index is 11.6. The molecule has 6 nitrogen and oxygen atoms in total. The molecule has 2 aromatic rings. The average molecular weight is 292 g/mol. The van der Waals surface area contributed by atoms with Crippen LogP contribution in [0.2, 0.25) is 0 Å². The monoisotopic (exact) mass is 292 g/mol. The first-order valence-corrected chi connectivity index (χ1v) is 8.25. The zero-order chi connectivity index (χ0) is 14.3. The predicted molar refractivity (Wildman–Crippen MR) is 76.9 cm³/mol. The molecule has 2 aromatic heterocycles. The summed E-state index contributed by atoms with van der Waals surface area (Å²) in [6.45, 7) is 1.91. The SMILES string of the molecule is Cc1cc(-c2cc(N)n(C3CCS(=O)(=O)C3)n2)ccn1. The third kappa shape index (κ3) is 2.40. The molecule has 7 heteroatoms. The Morgan fingerprint density at radius 2 is 2.20 bits per heavy atom. The number of aryl methyl sites for hydroxylation is 1. The highest BCUT2D eigenvalue weighted by atomic mass is 32.2. The third-order valence-electron chi connectivity index (χ3n) is 3.51. The topological polar surface area (TPSA) is 90.9 Å². The van der Waals surface area contributed by atoms with Crippen LogP contribution in [0, 0.1) is 6.92 Å². The van der Waals surface area contributed by atoms with E-state index in [4.69, 9.17) is 5.73 Å². The van der Waals surface area contributed by atoms with Crippen LogP contribution >= 0.6 is 0 Å². The van der Waals surface area contributed by atoms with E-state index in [1.807, 2.05) is 19.1 Å². The molecule has 1 aliphatic rings. The van der Waals surface area contributed by atoms with Crippen LogP contribution < -0.4 is 5.73 Å². The summed E-state index contributed by atoms with van der Waals surface area (Å²) >= 11 is 0. The number of nitrogens with zero attached hydrogens (tertiary/aromatic N) is 3. The number of pyridine rings is 1. The largest absolute Gasteiger partial charge is 0.384 e. The summed E-state index contributed by atoms with van der Waals surface area (Å²) in [6, 6.07) is 5.42. The predicted octanol–water partition coefficient (Wildman–Crippen LogP) is 1.20. The lowest BCUT2D eigenvalue weighted by Crippen LogP contribution is -2.14. The molecule has 3 rings (SSSR count). The Balaban J connectivity index is 1.96. The van der Waals surface area contributed by atoms with E-state index < -0.39 is 9.84 Å². The van der Waals surface area contributed by atoms with Crippen molar-refractivity contribution < 1.29 is 8.42 Å². The molecule has 0 aliphatic carbocycles. The average Bonchev–Trinajstić information content (AvgIpc) is 2.92. The van der Waals surface area contributed by atoms with E-state index in [2.05, 4.69) is 10.1 Å². The zero-order valence-electron chi connectivity index (χ0n) is 11.2. The van der Waals surface area contributed by atoms with Crippen molar-refractivity contribution in [3.05, 3.63) is 30.1 Å². The second kappa shape index (κ2) is 4.59. The number of hydrogen-bond acceptors (Lipinski definition) is 5. The van der Waals surface area contributed by atoms with Crippen molar-refractivity contribution in [2.45, 2.75) is 19.4 Å². The van der Waals surface area contributed by atoms with Crippen LogP contribution in [-0.4, -0.2) is 34.7 Å². The Morgan fingerprint density at radius 3 is 2.85 bits per heavy atom. The normalized spacial score (nSPS) is 21.1.